The SMILES string of the molecule is CCCC1CC=C(C2(C#N)C=CC=CC2)CC1. The number of nitrogens with zero attached hydrogens (tertiary/aromatic N) is 1. The highest BCUT2D eigenvalue weighted by Crippen LogP contribution is 2.41. The van der Waals surface area contributed by atoms with Crippen molar-refractivity contribution in [2.24, 2.45) is 11.3 Å². The van der Waals surface area contributed by atoms with Crippen molar-refractivity contribution in [2.75, 3.05) is 0 Å². The average molecular weight is 227 g/mol. The Kier molecular flexibility index (Phi) is 3.84. The van der Waals surface area contributed by atoms with Crippen molar-refractivity contribution in [3.05, 3.63) is 36.0 Å². The van der Waals surface area contributed by atoms with Gasteiger partial charge in [0.05, 0.1) is 11.5 Å². The molecule has 0 aromatic heterocycles. The second-order valence-electron chi connectivity index (χ2n) is 5.23. The summed E-state index contributed by atoms with van der Waals surface area (Å²) in [6, 6.07) is 2.53. The monoisotopic (exact) mass is 227 g/mol. The third-order valence-corrected chi connectivity index (χ3v) is 4.06. The van der Waals surface area contributed by atoms with Crippen molar-refractivity contribution in [1.29, 1.82) is 5.26 Å². The molecule has 0 bridgehead atoms. The maximum absolute atomic E-state index is 9.49. The highest BCUT2D eigenvalue weighted by atomic mass is 14.4. The van der Waals surface area contributed by atoms with E-state index in [1.54, 1.807) is 0 Å². The minimum atomic E-state index is -0.327. The van der Waals surface area contributed by atoms with E-state index in [9.17, 15) is 5.26 Å². The summed E-state index contributed by atoms with van der Waals surface area (Å²) in [7, 11) is 0. The van der Waals surface area contributed by atoms with Crippen LogP contribution >= 0.6 is 0 Å². The van der Waals surface area contributed by atoms with Gasteiger partial charge in [0.2, 0.25) is 0 Å². The molecule has 1 heteroatoms. The van der Waals surface area contributed by atoms with E-state index in [0.29, 0.717) is 0 Å². The van der Waals surface area contributed by atoms with Crippen LogP contribution in [0.25, 0.3) is 0 Å². The summed E-state index contributed by atoms with van der Waals surface area (Å²) < 4.78 is 0. The zero-order chi connectivity index (χ0) is 12.1. The molecule has 0 radical (unpaired) electrons. The fourth-order valence-electron chi connectivity index (χ4n) is 2.98. The Hall–Kier alpha value is -1.29. The van der Waals surface area contributed by atoms with E-state index < -0.39 is 0 Å². The molecule has 0 fully saturated rings. The van der Waals surface area contributed by atoms with Crippen LogP contribution in [0.5, 0.6) is 0 Å². The van der Waals surface area contributed by atoms with Gasteiger partial charge in [-0.15, -0.1) is 0 Å². The number of nitriles is 1. The molecule has 0 aliphatic heterocycles. The maximum atomic E-state index is 9.49. The van der Waals surface area contributed by atoms with Gasteiger partial charge in [0.15, 0.2) is 0 Å². The highest BCUT2D eigenvalue weighted by molar-refractivity contribution is 5.37. The molecule has 0 spiro atoms. The lowest BCUT2D eigenvalue weighted by Crippen LogP contribution is -2.22. The van der Waals surface area contributed by atoms with Gasteiger partial charge in [-0.3, -0.25) is 0 Å². The fourth-order valence-corrected chi connectivity index (χ4v) is 2.98. The van der Waals surface area contributed by atoms with Crippen LogP contribution in [-0.4, -0.2) is 0 Å². The Balaban J connectivity index is 2.11. The van der Waals surface area contributed by atoms with Gasteiger partial charge in [0, 0.05) is 0 Å². The summed E-state index contributed by atoms with van der Waals surface area (Å²) in [6.45, 7) is 2.25. The molecule has 2 aliphatic rings. The predicted molar refractivity (Wildman–Crippen MR) is 71.3 cm³/mol. The first-order valence-electron chi connectivity index (χ1n) is 6.76. The lowest BCUT2D eigenvalue weighted by atomic mass is 9.71. The number of allylic oxidation sites excluding steroid dienone is 6. The lowest BCUT2D eigenvalue weighted by Gasteiger charge is -2.31. The van der Waals surface area contributed by atoms with E-state index in [4.69, 9.17) is 0 Å². The lowest BCUT2D eigenvalue weighted by molar-refractivity contribution is 0.407. The van der Waals surface area contributed by atoms with Crippen molar-refractivity contribution < 1.29 is 0 Å². The Morgan fingerprint density at radius 1 is 1.47 bits per heavy atom. The summed E-state index contributed by atoms with van der Waals surface area (Å²) >= 11 is 0. The van der Waals surface area contributed by atoms with Crippen LogP contribution < -0.4 is 0 Å². The van der Waals surface area contributed by atoms with E-state index in [2.05, 4.69) is 31.2 Å². The van der Waals surface area contributed by atoms with Gasteiger partial charge >= 0.3 is 0 Å². The van der Waals surface area contributed by atoms with Crippen molar-refractivity contribution in [3.63, 3.8) is 0 Å². The van der Waals surface area contributed by atoms with Gasteiger partial charge in [-0.1, -0.05) is 50.1 Å². The first-order chi connectivity index (χ1) is 8.30. The fraction of sp³-hybridized carbons (Fsp3) is 0.562. The molecule has 0 aromatic carbocycles. The smallest absolute Gasteiger partial charge is 0.1000 e. The molecule has 0 aromatic rings. The molecular weight excluding hydrogens is 206 g/mol. The quantitative estimate of drug-likeness (QED) is 0.649. The number of rotatable bonds is 3. The van der Waals surface area contributed by atoms with E-state index >= 15 is 0 Å². The normalized spacial score (nSPS) is 32.0. The summed E-state index contributed by atoms with van der Waals surface area (Å²) in [5.74, 6) is 0.850. The molecule has 17 heavy (non-hydrogen) atoms. The van der Waals surface area contributed by atoms with Crippen molar-refractivity contribution in [3.8, 4) is 6.07 Å². The minimum Gasteiger partial charge on any atom is -0.197 e. The Morgan fingerprint density at radius 2 is 2.35 bits per heavy atom. The first-order valence-corrected chi connectivity index (χ1v) is 6.76. The van der Waals surface area contributed by atoms with Gasteiger partial charge < -0.3 is 0 Å². The molecule has 0 amide bonds. The molecule has 2 unspecified atom stereocenters. The standard InChI is InChI=1S/C16H21N/c1-2-6-14-7-9-15(10-8-14)16(13-17)11-4-3-5-12-16/h3-5,9,11,14H,2,6-8,10,12H2,1H3. The molecular formula is C16H21N. The van der Waals surface area contributed by atoms with Gasteiger partial charge in [0.25, 0.3) is 0 Å². The zero-order valence-electron chi connectivity index (χ0n) is 10.7. The Labute approximate surface area is 105 Å². The van der Waals surface area contributed by atoms with Crippen LogP contribution in [0.15, 0.2) is 36.0 Å². The molecule has 2 rings (SSSR count). The van der Waals surface area contributed by atoms with E-state index in [0.717, 1.165) is 18.8 Å². The van der Waals surface area contributed by atoms with Gasteiger partial charge in [-0.2, -0.15) is 5.26 Å². The Bertz CT molecular complexity index is 394. The highest BCUT2D eigenvalue weighted by Gasteiger charge is 2.33. The van der Waals surface area contributed by atoms with E-state index in [1.165, 1.54) is 31.3 Å². The molecule has 0 heterocycles. The molecule has 2 atom stereocenters. The van der Waals surface area contributed by atoms with Crippen LogP contribution in [0.4, 0.5) is 0 Å². The van der Waals surface area contributed by atoms with E-state index in [-0.39, 0.29) is 5.41 Å². The van der Waals surface area contributed by atoms with Crippen molar-refractivity contribution in [1.82, 2.24) is 0 Å². The molecule has 2 aliphatic carbocycles. The number of hydrogen-bond donors (Lipinski definition) is 0. The molecule has 1 nitrogen and oxygen atoms in total. The second kappa shape index (κ2) is 5.36. The molecule has 0 N–H and O–H groups in total. The zero-order valence-corrected chi connectivity index (χ0v) is 10.7. The summed E-state index contributed by atoms with van der Waals surface area (Å²) in [6.07, 6.45) is 17.6. The largest absolute Gasteiger partial charge is 0.197 e. The second-order valence-corrected chi connectivity index (χ2v) is 5.23. The van der Waals surface area contributed by atoms with Crippen LogP contribution in [0, 0.1) is 22.7 Å². The first kappa shape index (κ1) is 12.2. The van der Waals surface area contributed by atoms with Crippen LogP contribution in [0.3, 0.4) is 0 Å². The van der Waals surface area contributed by atoms with Crippen molar-refractivity contribution in [2.45, 2.75) is 45.4 Å². The summed E-state index contributed by atoms with van der Waals surface area (Å²) in [5, 5.41) is 9.49. The third kappa shape index (κ3) is 2.52. The van der Waals surface area contributed by atoms with Crippen LogP contribution in [-0.2, 0) is 0 Å². The third-order valence-electron chi connectivity index (χ3n) is 4.06. The maximum Gasteiger partial charge on any atom is 0.1000 e. The topological polar surface area (TPSA) is 23.8 Å². The molecule has 0 saturated carbocycles. The van der Waals surface area contributed by atoms with Crippen LogP contribution in [0.2, 0.25) is 0 Å². The van der Waals surface area contributed by atoms with Gasteiger partial charge in [0.1, 0.15) is 0 Å². The van der Waals surface area contributed by atoms with Crippen LogP contribution in [0.1, 0.15) is 45.4 Å². The van der Waals surface area contributed by atoms with Crippen molar-refractivity contribution >= 4 is 0 Å². The van der Waals surface area contributed by atoms with Gasteiger partial charge in [-0.05, 0) is 37.2 Å². The molecule has 0 saturated heterocycles. The van der Waals surface area contributed by atoms with E-state index in [1.807, 2.05) is 12.2 Å². The Morgan fingerprint density at radius 3 is 2.88 bits per heavy atom. The predicted octanol–water partition coefficient (Wildman–Crippen LogP) is 4.54. The van der Waals surface area contributed by atoms with Gasteiger partial charge in [-0.25, -0.2) is 0 Å². The minimum absolute atomic E-state index is 0.327. The summed E-state index contributed by atoms with van der Waals surface area (Å²) in [4.78, 5) is 0. The average Bonchev–Trinajstić information content (AvgIpc) is 2.41. The number of hydrogen-bond acceptors (Lipinski definition) is 1. The summed E-state index contributed by atoms with van der Waals surface area (Å²) in [5.41, 5.74) is 1.03. The molecule has 90 valence electrons.